The van der Waals surface area contributed by atoms with Crippen LogP contribution in [0.1, 0.15) is 40.7 Å². The van der Waals surface area contributed by atoms with E-state index in [0.717, 1.165) is 57.6 Å². The molecule has 44 heavy (non-hydrogen) atoms. The van der Waals surface area contributed by atoms with Crippen molar-refractivity contribution < 1.29 is 43.5 Å². The molecule has 0 aliphatic heterocycles. The average Bonchev–Trinajstić information content (AvgIpc) is 3.62. The van der Waals surface area contributed by atoms with Crippen LogP contribution in [0.3, 0.4) is 0 Å². The molecule has 0 saturated heterocycles. The summed E-state index contributed by atoms with van der Waals surface area (Å²) < 4.78 is 85.0. The molecule has 4 aromatic rings. The predicted molar refractivity (Wildman–Crippen MR) is 167 cm³/mol. The number of hydrogen-bond acceptors (Lipinski definition) is 0. The summed E-state index contributed by atoms with van der Waals surface area (Å²) in [5.74, 6) is 0. The van der Waals surface area contributed by atoms with E-state index in [4.69, 9.17) is 0 Å². The standard InChI is InChI=1S/2C16H10F3.C2H6Si.2CH3.Hf/c2*17-16(18,19)13-9-7-12(8-10-13)15-6-2-4-11-3-1-5-14(11)15;1-3-2;;;/h2*1-10H;1-2H3;2*1H3;. The van der Waals surface area contributed by atoms with Crippen LogP contribution < -0.4 is 0 Å². The molecule has 0 bridgehead atoms. The van der Waals surface area contributed by atoms with Gasteiger partial charge >= 0.3 is 256 Å². The Morgan fingerprint density at radius 3 is 1.23 bits per heavy atom. The predicted octanol–water partition coefficient (Wildman–Crippen LogP) is 11.9. The van der Waals surface area contributed by atoms with E-state index in [2.05, 4.69) is 58.9 Å². The third-order valence-electron chi connectivity index (χ3n) is 10.4. The summed E-state index contributed by atoms with van der Waals surface area (Å²) in [5, 5.41) is 0. The third-order valence-corrected chi connectivity index (χ3v) is 70.0. The Bertz CT molecular complexity index is 1770. The molecular weight excluding hydrogens is 753 g/mol. The van der Waals surface area contributed by atoms with Gasteiger partial charge in [-0.1, -0.05) is 0 Å². The second kappa shape index (κ2) is 10.5. The molecule has 0 fully saturated rings. The van der Waals surface area contributed by atoms with Gasteiger partial charge in [0.1, 0.15) is 0 Å². The zero-order valence-electron chi connectivity index (χ0n) is 24.8. The molecule has 6 rings (SSSR count). The Kier molecular flexibility index (Phi) is 7.44. The summed E-state index contributed by atoms with van der Waals surface area (Å²) in [6, 6.07) is 23.1. The normalized spacial score (nSPS) is 18.0. The summed E-state index contributed by atoms with van der Waals surface area (Å²) in [6.45, 7) is 4.83. The van der Waals surface area contributed by atoms with Crippen molar-refractivity contribution in [3.05, 3.63) is 130 Å². The molecule has 0 radical (unpaired) electrons. The molecule has 0 saturated carbocycles. The van der Waals surface area contributed by atoms with Crippen LogP contribution >= 0.6 is 0 Å². The number of allylic oxidation sites excluding steroid dienone is 2. The summed E-state index contributed by atoms with van der Waals surface area (Å²) >= 11 is -4.02. The SMILES string of the molecule is C[Si](C)=[Hf]([CH3])([CH3])([CH]1C=Cc2c(-c3ccc(C(F)(F)F)cc3)cccc21)[CH]1C=Cc2c(-c3ccc(C(F)(F)F)cc3)cccc21. The zero-order chi connectivity index (χ0) is 31.7. The van der Waals surface area contributed by atoms with Gasteiger partial charge < -0.3 is 0 Å². The first-order valence-electron chi connectivity index (χ1n) is 14.6. The van der Waals surface area contributed by atoms with Crippen LogP contribution in [0, 0.1) is 0 Å². The number of benzene rings is 4. The van der Waals surface area contributed by atoms with Gasteiger partial charge in [-0.2, -0.15) is 0 Å². The van der Waals surface area contributed by atoms with Crippen LogP contribution in [0.15, 0.2) is 97.1 Å². The number of fused-ring (bicyclic) bond motifs is 2. The third kappa shape index (κ3) is 4.93. The molecule has 2 aliphatic carbocycles. The van der Waals surface area contributed by atoms with Gasteiger partial charge in [0.05, 0.1) is 0 Å². The number of rotatable bonds is 4. The van der Waals surface area contributed by atoms with Gasteiger partial charge in [0.25, 0.3) is 0 Å². The number of alkyl halides is 6. The van der Waals surface area contributed by atoms with E-state index >= 15 is 0 Å². The van der Waals surface area contributed by atoms with E-state index in [1.807, 2.05) is 24.3 Å². The van der Waals surface area contributed by atoms with Crippen molar-refractivity contribution >= 4 is 17.6 Å². The Balaban J connectivity index is 1.43. The van der Waals surface area contributed by atoms with Crippen molar-refractivity contribution in [2.24, 2.45) is 0 Å². The van der Waals surface area contributed by atoms with E-state index in [1.54, 1.807) is 24.3 Å². The van der Waals surface area contributed by atoms with E-state index in [1.165, 1.54) is 11.1 Å². The van der Waals surface area contributed by atoms with Crippen LogP contribution in [0.4, 0.5) is 26.3 Å². The van der Waals surface area contributed by atoms with Crippen molar-refractivity contribution in [3.63, 3.8) is 0 Å². The van der Waals surface area contributed by atoms with Crippen molar-refractivity contribution in [2.75, 3.05) is 0 Å². The molecule has 8 heteroatoms. The van der Waals surface area contributed by atoms with Crippen molar-refractivity contribution in [1.29, 1.82) is 0 Å². The Morgan fingerprint density at radius 1 is 0.545 bits per heavy atom. The van der Waals surface area contributed by atoms with Crippen molar-refractivity contribution in [2.45, 2.75) is 42.2 Å². The molecule has 2 atom stereocenters. The first kappa shape index (κ1) is 31.0. The summed E-state index contributed by atoms with van der Waals surface area (Å²) in [4.78, 5) is 0. The summed E-state index contributed by atoms with van der Waals surface area (Å²) in [5.41, 5.74) is 5.85. The zero-order valence-corrected chi connectivity index (χ0v) is 29.4. The Hall–Kier alpha value is -2.97. The maximum atomic E-state index is 13.2. The van der Waals surface area contributed by atoms with Crippen LogP contribution in [-0.2, 0) is 29.5 Å². The van der Waals surface area contributed by atoms with Crippen LogP contribution in [0.5, 0.6) is 0 Å². The molecule has 0 spiro atoms. The monoisotopic (exact) mass is 786 g/mol. The second-order valence-electron chi connectivity index (χ2n) is 13.1. The van der Waals surface area contributed by atoms with Crippen LogP contribution in [0.2, 0.25) is 22.5 Å². The average molecular weight is 785 g/mol. The fourth-order valence-electron chi connectivity index (χ4n) is 7.22. The van der Waals surface area contributed by atoms with E-state index in [9.17, 15) is 26.3 Å². The van der Waals surface area contributed by atoms with E-state index < -0.39 is 46.1 Å². The quantitative estimate of drug-likeness (QED) is 0.143. The molecule has 0 amide bonds. The van der Waals surface area contributed by atoms with Gasteiger partial charge in [-0.25, -0.2) is 0 Å². The topological polar surface area (TPSA) is 0 Å². The van der Waals surface area contributed by atoms with Gasteiger partial charge in [0, 0.05) is 0 Å². The molecule has 0 aromatic heterocycles. The molecule has 4 aromatic carbocycles. The molecule has 0 N–H and O–H groups in total. The van der Waals surface area contributed by atoms with Gasteiger partial charge in [-0.15, -0.1) is 0 Å². The minimum absolute atomic E-state index is 0.246. The summed E-state index contributed by atoms with van der Waals surface area (Å²) in [6.07, 6.45) is 0.253. The van der Waals surface area contributed by atoms with Crippen molar-refractivity contribution in [3.8, 4) is 22.3 Å². The molecule has 2 unspecified atom stereocenters. The van der Waals surface area contributed by atoms with E-state index in [0.29, 0.717) is 0 Å². The molecule has 0 heterocycles. The van der Waals surface area contributed by atoms with Crippen LogP contribution in [0.25, 0.3) is 34.4 Å². The summed E-state index contributed by atoms with van der Waals surface area (Å²) in [7, 11) is 0. The van der Waals surface area contributed by atoms with Crippen LogP contribution in [-0.4, -0.2) is 5.49 Å². The van der Waals surface area contributed by atoms with Crippen molar-refractivity contribution in [1.82, 2.24) is 0 Å². The van der Waals surface area contributed by atoms with Gasteiger partial charge in [0.2, 0.25) is 0 Å². The fraction of sp³-hybridized carbons (Fsp3) is 0.222. The fourth-order valence-corrected chi connectivity index (χ4v) is 41.0. The van der Waals surface area contributed by atoms with Gasteiger partial charge in [-0.3, -0.25) is 0 Å². The number of hydrogen-bond donors (Lipinski definition) is 0. The van der Waals surface area contributed by atoms with Gasteiger partial charge in [0.15, 0.2) is 0 Å². The minimum atomic E-state index is -4.38. The molecule has 2 aliphatic rings. The maximum absolute atomic E-state index is 13.2. The Labute approximate surface area is 254 Å². The number of halogens is 6. The molecule has 0 nitrogen and oxygen atoms in total. The first-order chi connectivity index (χ1) is 20.6. The second-order valence-corrected chi connectivity index (χ2v) is 62.0. The van der Waals surface area contributed by atoms with Gasteiger partial charge in [-0.05, 0) is 0 Å². The molecular formula is C36H32F6HfSi. The van der Waals surface area contributed by atoms with E-state index in [-0.39, 0.29) is 7.35 Å². The first-order valence-corrected chi connectivity index (χ1v) is 33.8. The Morgan fingerprint density at radius 2 is 0.909 bits per heavy atom. The molecule has 226 valence electrons.